The lowest BCUT2D eigenvalue weighted by molar-refractivity contribution is 0.218. The van der Waals surface area contributed by atoms with Gasteiger partial charge in [0.2, 0.25) is 0 Å². The standard InChI is InChI=1S/C21H28N2O4S2/c1-16(23-12-5-6-13-23)22-14-17-8-7-11-19-21(17)20(15-28(19,24)25)29(26,27)18-9-3-2-4-10-18/h2-4,7-11,16,20,22,24-25H,5-6,12-15H2,1H3. The molecule has 6 nitrogen and oxygen atoms in total. The predicted octanol–water partition coefficient (Wildman–Crippen LogP) is 3.86. The highest BCUT2D eigenvalue weighted by molar-refractivity contribution is 8.25. The first-order valence-corrected chi connectivity index (χ1v) is 13.2. The van der Waals surface area contributed by atoms with Crippen molar-refractivity contribution in [3.63, 3.8) is 0 Å². The smallest absolute Gasteiger partial charge is 0.187 e. The lowest BCUT2D eigenvalue weighted by atomic mass is 10.0. The van der Waals surface area contributed by atoms with Crippen molar-refractivity contribution in [3.8, 4) is 0 Å². The molecule has 2 heterocycles. The van der Waals surface area contributed by atoms with E-state index in [1.165, 1.54) is 12.8 Å². The average molecular weight is 437 g/mol. The van der Waals surface area contributed by atoms with Gasteiger partial charge >= 0.3 is 0 Å². The van der Waals surface area contributed by atoms with Crippen LogP contribution in [0.15, 0.2) is 58.3 Å². The highest BCUT2D eigenvalue weighted by atomic mass is 32.3. The summed E-state index contributed by atoms with van der Waals surface area (Å²) >= 11 is 0. The van der Waals surface area contributed by atoms with Gasteiger partial charge < -0.3 is 0 Å². The summed E-state index contributed by atoms with van der Waals surface area (Å²) in [4.78, 5) is 2.95. The summed E-state index contributed by atoms with van der Waals surface area (Å²) in [6.45, 7) is 4.72. The SMILES string of the molecule is CC(NCc1cccc2c1C(S(=O)(=O)c1ccccc1)CS2(O)O)N1CCCC1. The molecule has 0 aromatic heterocycles. The summed E-state index contributed by atoms with van der Waals surface area (Å²) in [6.07, 6.45) is 2.58. The van der Waals surface area contributed by atoms with E-state index >= 15 is 0 Å². The first-order chi connectivity index (χ1) is 13.8. The first kappa shape index (κ1) is 20.8. The van der Waals surface area contributed by atoms with E-state index in [1.807, 2.05) is 6.07 Å². The first-order valence-electron chi connectivity index (χ1n) is 9.95. The van der Waals surface area contributed by atoms with Gasteiger partial charge in [0.15, 0.2) is 9.84 Å². The second kappa shape index (κ2) is 8.02. The zero-order valence-electron chi connectivity index (χ0n) is 16.5. The predicted molar refractivity (Wildman–Crippen MR) is 116 cm³/mol. The van der Waals surface area contributed by atoms with Gasteiger partial charge in [-0.2, -0.15) is 10.6 Å². The molecule has 2 aromatic rings. The number of likely N-dealkylation sites (tertiary alicyclic amines) is 1. The largest absolute Gasteiger partial charge is 0.298 e. The van der Waals surface area contributed by atoms with Crippen LogP contribution in [0.5, 0.6) is 0 Å². The Kier molecular flexibility index (Phi) is 5.76. The van der Waals surface area contributed by atoms with E-state index in [0.717, 1.165) is 18.7 Å². The summed E-state index contributed by atoms with van der Waals surface area (Å²) in [6, 6.07) is 13.6. The number of sulfone groups is 1. The molecular weight excluding hydrogens is 408 g/mol. The number of hydrogen-bond acceptors (Lipinski definition) is 6. The number of benzene rings is 2. The Morgan fingerprint density at radius 2 is 1.79 bits per heavy atom. The van der Waals surface area contributed by atoms with Crippen molar-refractivity contribution in [1.29, 1.82) is 0 Å². The second-order valence-corrected chi connectivity index (χ2v) is 12.0. The molecule has 2 unspecified atom stereocenters. The number of nitrogens with zero attached hydrogens (tertiary/aromatic N) is 1. The van der Waals surface area contributed by atoms with Crippen LogP contribution in [0.2, 0.25) is 0 Å². The molecule has 29 heavy (non-hydrogen) atoms. The second-order valence-electron chi connectivity index (χ2n) is 7.81. The van der Waals surface area contributed by atoms with E-state index < -0.39 is 25.7 Å². The molecule has 0 amide bonds. The molecular formula is C21H28N2O4S2. The molecule has 1 fully saturated rings. The summed E-state index contributed by atoms with van der Waals surface area (Å²) < 4.78 is 48.0. The lowest BCUT2D eigenvalue weighted by Gasteiger charge is -2.28. The Balaban J connectivity index is 1.67. The molecule has 1 saturated heterocycles. The Morgan fingerprint density at radius 3 is 2.48 bits per heavy atom. The van der Waals surface area contributed by atoms with Crippen molar-refractivity contribution in [1.82, 2.24) is 10.2 Å². The van der Waals surface area contributed by atoms with Crippen LogP contribution in [0.1, 0.15) is 36.1 Å². The third-order valence-electron chi connectivity index (χ3n) is 5.94. The van der Waals surface area contributed by atoms with Gasteiger partial charge in [-0.05, 0) is 62.2 Å². The minimum atomic E-state index is -3.74. The van der Waals surface area contributed by atoms with E-state index in [1.54, 1.807) is 42.5 Å². The van der Waals surface area contributed by atoms with Crippen molar-refractivity contribution in [2.24, 2.45) is 0 Å². The zero-order chi connectivity index (χ0) is 20.6. The van der Waals surface area contributed by atoms with E-state index in [4.69, 9.17) is 0 Å². The van der Waals surface area contributed by atoms with Crippen molar-refractivity contribution in [3.05, 3.63) is 59.7 Å². The summed E-state index contributed by atoms with van der Waals surface area (Å²) in [7, 11) is -6.88. The Labute approximate surface area is 174 Å². The number of rotatable bonds is 6. The molecule has 2 atom stereocenters. The quantitative estimate of drug-likeness (QED) is 0.637. The molecule has 8 heteroatoms. The maximum Gasteiger partial charge on any atom is 0.187 e. The third kappa shape index (κ3) is 3.97. The fourth-order valence-electron chi connectivity index (χ4n) is 4.31. The molecule has 158 valence electrons. The number of hydrogen-bond donors (Lipinski definition) is 3. The number of fused-ring (bicyclic) bond motifs is 1. The van der Waals surface area contributed by atoms with Gasteiger partial charge in [0, 0.05) is 6.54 Å². The number of nitrogens with one attached hydrogen (secondary N) is 1. The van der Waals surface area contributed by atoms with Crippen molar-refractivity contribution >= 4 is 20.4 Å². The third-order valence-corrected chi connectivity index (χ3v) is 10.1. The highest BCUT2D eigenvalue weighted by Crippen LogP contribution is 2.62. The normalized spacial score (nSPS) is 23.6. The molecule has 0 saturated carbocycles. The summed E-state index contributed by atoms with van der Waals surface area (Å²) in [5, 5.41) is 2.53. The molecule has 0 spiro atoms. The molecule has 2 aliphatic heterocycles. The molecule has 2 aliphatic rings. The van der Waals surface area contributed by atoms with Crippen LogP contribution >= 0.6 is 10.6 Å². The maximum absolute atomic E-state index is 13.3. The van der Waals surface area contributed by atoms with E-state index in [9.17, 15) is 17.5 Å². The lowest BCUT2D eigenvalue weighted by Crippen LogP contribution is -2.41. The van der Waals surface area contributed by atoms with Gasteiger partial charge in [-0.3, -0.25) is 19.3 Å². The van der Waals surface area contributed by atoms with Crippen LogP contribution in [-0.2, 0) is 16.4 Å². The fourth-order valence-corrected chi connectivity index (χ4v) is 8.82. The van der Waals surface area contributed by atoms with E-state index in [0.29, 0.717) is 17.0 Å². The van der Waals surface area contributed by atoms with Gasteiger partial charge in [-0.1, -0.05) is 30.3 Å². The Hall–Kier alpha value is -1.42. The van der Waals surface area contributed by atoms with Gasteiger partial charge in [-0.25, -0.2) is 8.42 Å². The molecule has 2 aromatic carbocycles. The summed E-state index contributed by atoms with van der Waals surface area (Å²) in [5.41, 5.74) is 1.37. The van der Waals surface area contributed by atoms with Crippen LogP contribution in [0.25, 0.3) is 0 Å². The van der Waals surface area contributed by atoms with Crippen LogP contribution < -0.4 is 5.32 Å². The van der Waals surface area contributed by atoms with E-state index in [-0.39, 0.29) is 16.8 Å². The topological polar surface area (TPSA) is 89.9 Å². The average Bonchev–Trinajstić information content (AvgIpc) is 3.34. The van der Waals surface area contributed by atoms with Crippen molar-refractivity contribution < 1.29 is 17.5 Å². The minimum absolute atomic E-state index is 0.180. The Morgan fingerprint density at radius 1 is 1.10 bits per heavy atom. The molecule has 0 radical (unpaired) electrons. The van der Waals surface area contributed by atoms with Crippen LogP contribution in [0.4, 0.5) is 0 Å². The molecule has 0 aliphatic carbocycles. The molecule has 0 bridgehead atoms. The fraction of sp³-hybridized carbons (Fsp3) is 0.429. The Bertz CT molecular complexity index is 973. The van der Waals surface area contributed by atoms with Crippen LogP contribution in [0.3, 0.4) is 0 Å². The zero-order valence-corrected chi connectivity index (χ0v) is 18.1. The van der Waals surface area contributed by atoms with Crippen molar-refractivity contribution in [2.45, 2.75) is 47.5 Å². The summed E-state index contributed by atoms with van der Waals surface area (Å²) in [5.74, 6) is -0.182. The van der Waals surface area contributed by atoms with E-state index in [2.05, 4.69) is 17.1 Å². The molecule has 4 rings (SSSR count). The van der Waals surface area contributed by atoms with Gasteiger partial charge in [0.25, 0.3) is 0 Å². The highest BCUT2D eigenvalue weighted by Gasteiger charge is 2.44. The van der Waals surface area contributed by atoms with Gasteiger partial charge in [0.05, 0.1) is 21.7 Å². The maximum atomic E-state index is 13.3. The monoisotopic (exact) mass is 436 g/mol. The van der Waals surface area contributed by atoms with Crippen LogP contribution in [0, 0.1) is 0 Å². The minimum Gasteiger partial charge on any atom is -0.298 e. The van der Waals surface area contributed by atoms with Crippen molar-refractivity contribution in [2.75, 3.05) is 18.8 Å². The van der Waals surface area contributed by atoms with Crippen LogP contribution in [-0.4, -0.2) is 47.4 Å². The molecule has 3 N–H and O–H groups in total. The van der Waals surface area contributed by atoms with Gasteiger partial charge in [0.1, 0.15) is 5.25 Å². The van der Waals surface area contributed by atoms with Gasteiger partial charge in [-0.15, -0.1) is 0 Å².